The van der Waals surface area contributed by atoms with Gasteiger partial charge < -0.3 is 5.73 Å². The van der Waals surface area contributed by atoms with E-state index in [1.807, 2.05) is 0 Å². The maximum atomic E-state index is 10.3. The molecule has 0 aliphatic rings. The van der Waals surface area contributed by atoms with Crippen molar-refractivity contribution in [3.8, 4) is 0 Å². The van der Waals surface area contributed by atoms with E-state index in [0.717, 1.165) is 0 Å². The molecule has 0 bridgehead atoms. The van der Waals surface area contributed by atoms with E-state index in [2.05, 4.69) is 5.32 Å². The van der Waals surface area contributed by atoms with Gasteiger partial charge in [0.1, 0.15) is 0 Å². The molecule has 11 heavy (non-hydrogen) atoms. The molecule has 0 amide bonds. The molecule has 0 radical (unpaired) electrons. The van der Waals surface area contributed by atoms with Crippen LogP contribution in [-0.4, -0.2) is 24.2 Å². The maximum Gasteiger partial charge on any atom is 0.268 e. The van der Waals surface area contributed by atoms with Crippen molar-refractivity contribution in [2.24, 2.45) is 11.7 Å². The first kappa shape index (κ1) is 10.3. The Balaban J connectivity index is 3.80. The average molecular weight is 161 g/mol. The molecule has 66 valence electrons. The highest BCUT2D eigenvalue weighted by molar-refractivity contribution is 4.58. The lowest BCUT2D eigenvalue weighted by Gasteiger charge is -2.13. The molecule has 5 nitrogen and oxygen atoms in total. The van der Waals surface area contributed by atoms with Crippen LogP contribution in [0.3, 0.4) is 0 Å². The molecule has 0 aliphatic carbocycles. The first-order valence-electron chi connectivity index (χ1n) is 3.66. The van der Waals surface area contributed by atoms with Gasteiger partial charge in [0.2, 0.25) is 0 Å². The summed E-state index contributed by atoms with van der Waals surface area (Å²) >= 11 is 0. The van der Waals surface area contributed by atoms with Gasteiger partial charge in [-0.2, -0.15) is 0 Å². The molecule has 1 atom stereocenters. The van der Waals surface area contributed by atoms with Crippen LogP contribution in [0.15, 0.2) is 0 Å². The number of nitrogens with zero attached hydrogens (tertiary/aromatic N) is 1. The second-order valence-electron chi connectivity index (χ2n) is 2.72. The molecule has 0 aromatic carbocycles. The quantitative estimate of drug-likeness (QED) is 0.332. The third-order valence-electron chi connectivity index (χ3n) is 1.36. The number of rotatable bonds is 5. The Morgan fingerprint density at radius 2 is 2.18 bits per heavy atom. The molecule has 0 fully saturated rings. The van der Waals surface area contributed by atoms with Crippen molar-refractivity contribution in [3.63, 3.8) is 0 Å². The fourth-order valence-corrected chi connectivity index (χ4v) is 0.785. The van der Waals surface area contributed by atoms with Gasteiger partial charge in [0.25, 0.3) is 6.17 Å². The van der Waals surface area contributed by atoms with Gasteiger partial charge in [-0.15, -0.1) is 0 Å². The van der Waals surface area contributed by atoms with Crippen LogP contribution in [0.2, 0.25) is 0 Å². The Bertz CT molecular complexity index is 127. The van der Waals surface area contributed by atoms with Gasteiger partial charge in [-0.3, -0.25) is 15.4 Å². The molecule has 3 N–H and O–H groups in total. The van der Waals surface area contributed by atoms with Crippen molar-refractivity contribution in [1.29, 1.82) is 0 Å². The summed E-state index contributed by atoms with van der Waals surface area (Å²) in [6, 6.07) is 0. The standard InChI is InChI=1S/C6H15N3O2/c1-5(2)6(9(10)11)8-4-3-7/h5-6,8H,3-4,7H2,1-2H3. The van der Waals surface area contributed by atoms with Crippen molar-refractivity contribution >= 4 is 0 Å². The Morgan fingerprint density at radius 3 is 2.45 bits per heavy atom. The number of nitrogens with one attached hydrogen (secondary N) is 1. The SMILES string of the molecule is CC(C)C(NCCN)[N+](=O)[O-]. The highest BCUT2D eigenvalue weighted by atomic mass is 16.6. The van der Waals surface area contributed by atoms with Crippen LogP contribution in [0.4, 0.5) is 0 Å². The number of hydrogen-bond donors (Lipinski definition) is 2. The van der Waals surface area contributed by atoms with Gasteiger partial charge in [0.05, 0.1) is 0 Å². The molecule has 1 unspecified atom stereocenters. The zero-order valence-electron chi connectivity index (χ0n) is 6.91. The molecular formula is C6H15N3O2. The van der Waals surface area contributed by atoms with Gasteiger partial charge in [-0.1, -0.05) is 13.8 Å². The van der Waals surface area contributed by atoms with Crippen molar-refractivity contribution in [2.75, 3.05) is 13.1 Å². The van der Waals surface area contributed by atoms with Gasteiger partial charge in [0, 0.05) is 23.9 Å². The van der Waals surface area contributed by atoms with E-state index in [1.165, 1.54) is 0 Å². The molecule has 0 aromatic rings. The highest BCUT2D eigenvalue weighted by Gasteiger charge is 2.22. The van der Waals surface area contributed by atoms with E-state index < -0.39 is 6.17 Å². The molecule has 0 saturated carbocycles. The van der Waals surface area contributed by atoms with Crippen molar-refractivity contribution in [1.82, 2.24) is 5.32 Å². The van der Waals surface area contributed by atoms with Crippen molar-refractivity contribution in [3.05, 3.63) is 10.1 Å². The van der Waals surface area contributed by atoms with Crippen molar-refractivity contribution < 1.29 is 4.92 Å². The molecule has 5 heteroatoms. The minimum atomic E-state index is -0.668. The van der Waals surface area contributed by atoms with Crippen LogP contribution in [0, 0.1) is 16.0 Å². The van der Waals surface area contributed by atoms with Gasteiger partial charge in [-0.05, 0) is 0 Å². The van der Waals surface area contributed by atoms with Crippen LogP contribution in [0.25, 0.3) is 0 Å². The minimum absolute atomic E-state index is 0.00319. The summed E-state index contributed by atoms with van der Waals surface area (Å²) in [6.45, 7) is 4.52. The fraction of sp³-hybridized carbons (Fsp3) is 1.00. The molecule has 0 spiro atoms. The minimum Gasteiger partial charge on any atom is -0.329 e. The van der Waals surface area contributed by atoms with E-state index in [-0.39, 0.29) is 10.8 Å². The second-order valence-corrected chi connectivity index (χ2v) is 2.72. The van der Waals surface area contributed by atoms with Gasteiger partial charge >= 0.3 is 0 Å². The Morgan fingerprint density at radius 1 is 1.64 bits per heavy atom. The van der Waals surface area contributed by atoms with Crippen LogP contribution >= 0.6 is 0 Å². The molecule has 0 saturated heterocycles. The molecular weight excluding hydrogens is 146 g/mol. The topological polar surface area (TPSA) is 81.2 Å². The summed E-state index contributed by atoms with van der Waals surface area (Å²) in [6.07, 6.45) is -0.668. The number of nitrogens with two attached hydrogens (primary N) is 1. The first-order chi connectivity index (χ1) is 5.09. The number of nitro groups is 1. The van der Waals surface area contributed by atoms with E-state index in [0.29, 0.717) is 13.1 Å². The Hall–Kier alpha value is -0.680. The van der Waals surface area contributed by atoms with E-state index in [4.69, 9.17) is 5.73 Å². The van der Waals surface area contributed by atoms with Crippen LogP contribution in [0.5, 0.6) is 0 Å². The Kier molecular flexibility index (Phi) is 4.72. The molecule has 0 heterocycles. The van der Waals surface area contributed by atoms with Crippen LogP contribution in [0.1, 0.15) is 13.8 Å². The maximum absolute atomic E-state index is 10.3. The molecule has 0 rings (SSSR count). The summed E-state index contributed by atoms with van der Waals surface area (Å²) in [5.41, 5.74) is 5.19. The predicted octanol–water partition coefficient (Wildman–Crippen LogP) is -0.206. The van der Waals surface area contributed by atoms with E-state index >= 15 is 0 Å². The molecule has 0 aromatic heterocycles. The fourth-order valence-electron chi connectivity index (χ4n) is 0.785. The van der Waals surface area contributed by atoms with Crippen molar-refractivity contribution in [2.45, 2.75) is 20.0 Å². The lowest BCUT2D eigenvalue weighted by molar-refractivity contribution is -0.537. The number of hydrogen-bond acceptors (Lipinski definition) is 4. The summed E-state index contributed by atoms with van der Waals surface area (Å²) < 4.78 is 0. The molecule has 0 aliphatic heterocycles. The summed E-state index contributed by atoms with van der Waals surface area (Å²) in [5.74, 6) is -0.00319. The summed E-state index contributed by atoms with van der Waals surface area (Å²) in [7, 11) is 0. The zero-order valence-corrected chi connectivity index (χ0v) is 6.91. The van der Waals surface area contributed by atoms with E-state index in [1.54, 1.807) is 13.8 Å². The largest absolute Gasteiger partial charge is 0.329 e. The van der Waals surface area contributed by atoms with Gasteiger partial charge in [-0.25, -0.2) is 0 Å². The van der Waals surface area contributed by atoms with Crippen LogP contribution < -0.4 is 11.1 Å². The third kappa shape index (κ3) is 3.90. The normalized spacial score (nSPS) is 13.5. The first-order valence-corrected chi connectivity index (χ1v) is 3.66. The van der Waals surface area contributed by atoms with Gasteiger partial charge in [0.15, 0.2) is 0 Å². The monoisotopic (exact) mass is 161 g/mol. The van der Waals surface area contributed by atoms with E-state index in [9.17, 15) is 10.1 Å². The lowest BCUT2D eigenvalue weighted by atomic mass is 10.1. The highest BCUT2D eigenvalue weighted by Crippen LogP contribution is 2.00. The second kappa shape index (κ2) is 5.03. The predicted molar refractivity (Wildman–Crippen MR) is 42.7 cm³/mol. The zero-order chi connectivity index (χ0) is 8.85. The average Bonchev–Trinajstić information content (AvgIpc) is 1.87. The Labute approximate surface area is 66.1 Å². The smallest absolute Gasteiger partial charge is 0.268 e. The lowest BCUT2D eigenvalue weighted by Crippen LogP contribution is -2.42. The summed E-state index contributed by atoms with van der Waals surface area (Å²) in [4.78, 5) is 10.0. The summed E-state index contributed by atoms with van der Waals surface area (Å²) in [5, 5.41) is 13.1. The third-order valence-corrected chi connectivity index (χ3v) is 1.36. The van der Waals surface area contributed by atoms with Crippen LogP contribution in [-0.2, 0) is 0 Å².